The van der Waals surface area contributed by atoms with Crippen molar-refractivity contribution in [2.75, 3.05) is 19.4 Å². The van der Waals surface area contributed by atoms with E-state index in [9.17, 15) is 19.5 Å². The van der Waals surface area contributed by atoms with Crippen LogP contribution in [0.15, 0.2) is 30.4 Å². The number of benzene rings is 1. The summed E-state index contributed by atoms with van der Waals surface area (Å²) in [5.74, 6) is -2.91. The number of halogens is 1. The molecular formula is C18H19ClN2O4. The summed E-state index contributed by atoms with van der Waals surface area (Å²) in [6, 6.07) is 4.66. The van der Waals surface area contributed by atoms with Gasteiger partial charge in [-0.1, -0.05) is 23.8 Å². The second-order valence-electron chi connectivity index (χ2n) is 6.72. The molecule has 25 heavy (non-hydrogen) atoms. The van der Waals surface area contributed by atoms with Crippen molar-refractivity contribution in [1.82, 2.24) is 4.90 Å². The van der Waals surface area contributed by atoms with Gasteiger partial charge in [0.05, 0.1) is 22.4 Å². The molecule has 0 radical (unpaired) electrons. The van der Waals surface area contributed by atoms with Crippen LogP contribution in [0.5, 0.6) is 0 Å². The lowest BCUT2D eigenvalue weighted by Crippen LogP contribution is -2.36. The number of aliphatic carboxylic acids is 1. The van der Waals surface area contributed by atoms with Gasteiger partial charge in [0.15, 0.2) is 0 Å². The number of carbonyl (C=O) groups is 3. The van der Waals surface area contributed by atoms with Crippen molar-refractivity contribution >= 4 is 35.1 Å². The standard InChI is InChI=1S/C18H19ClN2O4/c1-21(2)17(23)12-6-5-11(8-13(12)19)20-16(22)14-9-3-4-10(7-9)15(14)18(24)25/h3-6,8-10,14-15H,7H2,1-2H3,(H,20,22)(H,24,25)/t9-,10-,14+,15-/m0/s1. The van der Waals surface area contributed by atoms with Crippen molar-refractivity contribution in [2.24, 2.45) is 23.7 Å². The third kappa shape index (κ3) is 3.14. The number of hydrogen-bond donors (Lipinski definition) is 2. The molecule has 2 N–H and O–H groups in total. The Morgan fingerprint density at radius 2 is 1.80 bits per heavy atom. The van der Waals surface area contributed by atoms with Gasteiger partial charge in [-0.05, 0) is 36.5 Å². The van der Waals surface area contributed by atoms with Gasteiger partial charge in [0.1, 0.15) is 0 Å². The molecule has 2 aliphatic rings. The summed E-state index contributed by atoms with van der Waals surface area (Å²) < 4.78 is 0. The third-order valence-electron chi connectivity index (χ3n) is 4.92. The van der Waals surface area contributed by atoms with E-state index in [2.05, 4.69) is 5.32 Å². The van der Waals surface area contributed by atoms with Crippen LogP contribution in [0.1, 0.15) is 16.8 Å². The molecule has 0 unspecified atom stereocenters. The topological polar surface area (TPSA) is 86.7 Å². The molecule has 0 spiro atoms. The first-order chi connectivity index (χ1) is 11.8. The van der Waals surface area contributed by atoms with E-state index in [1.54, 1.807) is 26.2 Å². The minimum atomic E-state index is -0.943. The average Bonchev–Trinajstić information content (AvgIpc) is 3.15. The van der Waals surface area contributed by atoms with Crippen LogP contribution >= 0.6 is 11.6 Å². The maximum absolute atomic E-state index is 12.6. The van der Waals surface area contributed by atoms with Gasteiger partial charge >= 0.3 is 5.97 Å². The van der Waals surface area contributed by atoms with Crippen molar-refractivity contribution < 1.29 is 19.5 Å². The van der Waals surface area contributed by atoms with Crippen molar-refractivity contribution in [1.29, 1.82) is 0 Å². The molecule has 7 heteroatoms. The van der Waals surface area contributed by atoms with Gasteiger partial charge in [0.25, 0.3) is 5.91 Å². The first kappa shape index (κ1) is 17.5. The highest BCUT2D eigenvalue weighted by atomic mass is 35.5. The Balaban J connectivity index is 1.77. The number of carbonyl (C=O) groups excluding carboxylic acids is 2. The predicted molar refractivity (Wildman–Crippen MR) is 93.5 cm³/mol. The number of anilines is 1. The highest BCUT2D eigenvalue weighted by molar-refractivity contribution is 6.34. The molecule has 1 fully saturated rings. The molecule has 3 rings (SSSR count). The van der Waals surface area contributed by atoms with Crippen LogP contribution in [0.2, 0.25) is 5.02 Å². The summed E-state index contributed by atoms with van der Waals surface area (Å²) in [7, 11) is 3.26. The van der Waals surface area contributed by atoms with Crippen LogP contribution in [-0.4, -0.2) is 41.9 Å². The number of allylic oxidation sites excluding steroid dienone is 2. The average molecular weight is 363 g/mol. The highest BCUT2D eigenvalue weighted by Crippen LogP contribution is 2.48. The Labute approximate surface area is 150 Å². The number of rotatable bonds is 4. The van der Waals surface area contributed by atoms with Gasteiger partial charge in [-0.15, -0.1) is 0 Å². The van der Waals surface area contributed by atoms with Crippen molar-refractivity contribution in [3.8, 4) is 0 Å². The lowest BCUT2D eigenvalue weighted by atomic mass is 9.82. The Morgan fingerprint density at radius 1 is 1.16 bits per heavy atom. The number of nitrogens with one attached hydrogen (secondary N) is 1. The fourth-order valence-corrected chi connectivity index (χ4v) is 4.01. The zero-order chi connectivity index (χ0) is 18.3. The van der Waals surface area contributed by atoms with Crippen molar-refractivity contribution in [3.05, 3.63) is 40.9 Å². The first-order valence-corrected chi connectivity index (χ1v) is 8.40. The third-order valence-corrected chi connectivity index (χ3v) is 5.23. The Hall–Kier alpha value is -2.34. The number of fused-ring (bicyclic) bond motifs is 2. The summed E-state index contributed by atoms with van der Waals surface area (Å²) >= 11 is 6.15. The number of carboxylic acid groups (broad SMARTS) is 1. The quantitative estimate of drug-likeness (QED) is 0.806. The molecule has 2 bridgehead atoms. The SMILES string of the molecule is CN(C)C(=O)c1ccc(NC(=O)[C@H]2[C@@H](C(=O)O)[C@H]3C=C[C@H]2C3)cc1Cl. The smallest absolute Gasteiger partial charge is 0.307 e. The van der Waals surface area contributed by atoms with Gasteiger partial charge in [0, 0.05) is 19.8 Å². The van der Waals surface area contributed by atoms with Crippen LogP contribution < -0.4 is 5.32 Å². The van der Waals surface area contributed by atoms with Crippen LogP contribution in [0.3, 0.4) is 0 Å². The van der Waals surface area contributed by atoms with Crippen molar-refractivity contribution in [3.63, 3.8) is 0 Å². The summed E-state index contributed by atoms with van der Waals surface area (Å²) in [6.45, 7) is 0. The van der Waals surface area contributed by atoms with Crippen LogP contribution in [0, 0.1) is 23.7 Å². The van der Waals surface area contributed by atoms with E-state index >= 15 is 0 Å². The maximum Gasteiger partial charge on any atom is 0.307 e. The second-order valence-corrected chi connectivity index (χ2v) is 7.13. The van der Waals surface area contributed by atoms with Crippen LogP contribution in [0.25, 0.3) is 0 Å². The molecule has 132 valence electrons. The van der Waals surface area contributed by atoms with Gasteiger partial charge in [0.2, 0.25) is 5.91 Å². The highest BCUT2D eigenvalue weighted by Gasteiger charge is 2.51. The Kier molecular flexibility index (Phi) is 4.56. The molecule has 4 atom stereocenters. The van der Waals surface area contributed by atoms with Gasteiger partial charge in [-0.25, -0.2) is 0 Å². The van der Waals surface area contributed by atoms with Gasteiger partial charge in [-0.2, -0.15) is 0 Å². The molecule has 2 amide bonds. The zero-order valence-corrected chi connectivity index (χ0v) is 14.7. The minimum Gasteiger partial charge on any atom is -0.481 e. The van der Waals surface area contributed by atoms with E-state index in [-0.39, 0.29) is 28.7 Å². The number of amides is 2. The lowest BCUT2D eigenvalue weighted by Gasteiger charge is -2.24. The fraction of sp³-hybridized carbons (Fsp3) is 0.389. The summed E-state index contributed by atoms with van der Waals surface area (Å²) in [6.07, 6.45) is 4.53. The summed E-state index contributed by atoms with van der Waals surface area (Å²) in [5, 5.41) is 12.4. The fourth-order valence-electron chi connectivity index (χ4n) is 3.75. The van der Waals surface area contributed by atoms with E-state index in [4.69, 9.17) is 11.6 Å². The predicted octanol–water partition coefficient (Wildman–Crippen LogP) is 2.50. The maximum atomic E-state index is 12.6. The van der Waals surface area contributed by atoms with Gasteiger partial charge in [-0.3, -0.25) is 14.4 Å². The minimum absolute atomic E-state index is 0.0452. The largest absolute Gasteiger partial charge is 0.481 e. The van der Waals surface area contributed by atoms with E-state index in [0.717, 1.165) is 0 Å². The molecule has 0 saturated heterocycles. The summed E-state index contributed by atoms with van der Waals surface area (Å²) in [4.78, 5) is 37.6. The van der Waals surface area contributed by atoms with E-state index < -0.39 is 17.8 Å². The molecule has 1 saturated carbocycles. The van der Waals surface area contributed by atoms with Crippen molar-refractivity contribution in [2.45, 2.75) is 6.42 Å². The monoisotopic (exact) mass is 362 g/mol. The number of carboxylic acids is 1. The molecule has 0 aromatic heterocycles. The Bertz CT molecular complexity index is 774. The molecular weight excluding hydrogens is 344 g/mol. The molecule has 0 aliphatic heterocycles. The van der Waals surface area contributed by atoms with Crippen LogP contribution in [0.4, 0.5) is 5.69 Å². The molecule has 1 aromatic rings. The molecule has 1 aromatic carbocycles. The summed E-state index contributed by atoms with van der Waals surface area (Å²) in [5.41, 5.74) is 0.789. The van der Waals surface area contributed by atoms with E-state index in [1.165, 1.54) is 11.0 Å². The van der Waals surface area contributed by atoms with Crippen LogP contribution in [-0.2, 0) is 9.59 Å². The number of hydrogen-bond acceptors (Lipinski definition) is 3. The molecule has 2 aliphatic carbocycles. The van der Waals surface area contributed by atoms with E-state index in [1.807, 2.05) is 12.2 Å². The molecule has 6 nitrogen and oxygen atoms in total. The normalized spacial score (nSPS) is 26.5. The second kappa shape index (κ2) is 6.52. The Morgan fingerprint density at radius 3 is 2.36 bits per heavy atom. The zero-order valence-electron chi connectivity index (χ0n) is 13.9. The number of nitrogens with zero attached hydrogens (tertiary/aromatic N) is 1. The first-order valence-electron chi connectivity index (χ1n) is 8.02. The molecule has 0 heterocycles. The van der Waals surface area contributed by atoms with Gasteiger partial charge < -0.3 is 15.3 Å². The van der Waals surface area contributed by atoms with E-state index in [0.29, 0.717) is 17.7 Å². The lowest BCUT2D eigenvalue weighted by molar-refractivity contribution is -0.146.